The zero-order valence-electron chi connectivity index (χ0n) is 12.8. The zero-order chi connectivity index (χ0) is 19.1. The van der Waals surface area contributed by atoms with Gasteiger partial charge >= 0.3 is 6.18 Å². The van der Waals surface area contributed by atoms with Crippen LogP contribution in [0, 0.1) is 0 Å². The lowest BCUT2D eigenvalue weighted by atomic mass is 10.2. The summed E-state index contributed by atoms with van der Waals surface area (Å²) in [5.74, 6) is -0.00949. The molecule has 0 fully saturated rings. The molecule has 0 saturated carbocycles. The molecule has 136 valence electrons. The van der Waals surface area contributed by atoms with Crippen molar-refractivity contribution in [2.45, 2.75) is 16.0 Å². The topological polar surface area (TPSA) is 82.7 Å². The van der Waals surface area contributed by atoms with E-state index < -0.39 is 11.7 Å². The summed E-state index contributed by atoms with van der Waals surface area (Å²) in [5.41, 5.74) is 10.8. The van der Waals surface area contributed by atoms with Gasteiger partial charge in [-0.2, -0.15) is 22.8 Å². The van der Waals surface area contributed by atoms with Crippen molar-refractivity contribution in [1.29, 1.82) is 0 Å². The molecule has 0 aliphatic heterocycles. The maximum absolute atomic E-state index is 13.2. The van der Waals surface area contributed by atoms with E-state index in [0.29, 0.717) is 5.69 Å². The molecule has 3 aromatic rings. The lowest BCUT2D eigenvalue weighted by Gasteiger charge is -2.14. The van der Waals surface area contributed by atoms with Gasteiger partial charge in [0.05, 0.1) is 21.3 Å². The molecule has 0 aliphatic carbocycles. The molecule has 0 amide bonds. The van der Waals surface area contributed by atoms with Crippen LogP contribution in [0.15, 0.2) is 46.2 Å². The molecule has 0 aliphatic rings. The molecule has 0 atom stereocenters. The van der Waals surface area contributed by atoms with Crippen molar-refractivity contribution in [2.75, 3.05) is 11.5 Å². The second kappa shape index (κ2) is 6.90. The second-order valence-corrected chi connectivity index (χ2v) is 6.94. The molecule has 0 unspecified atom stereocenters. The van der Waals surface area contributed by atoms with Crippen LogP contribution in [0.1, 0.15) is 5.56 Å². The van der Waals surface area contributed by atoms with Crippen molar-refractivity contribution < 1.29 is 13.2 Å². The van der Waals surface area contributed by atoms with Crippen molar-refractivity contribution in [3.05, 3.63) is 52.0 Å². The highest BCUT2D eigenvalue weighted by molar-refractivity contribution is 7.99. The van der Waals surface area contributed by atoms with Crippen molar-refractivity contribution in [2.24, 2.45) is 0 Å². The summed E-state index contributed by atoms with van der Waals surface area (Å²) >= 11 is 13.3. The fourth-order valence-electron chi connectivity index (χ4n) is 2.20. The highest BCUT2D eigenvalue weighted by Crippen LogP contribution is 2.44. The molecule has 3 rings (SSSR count). The van der Waals surface area contributed by atoms with Crippen LogP contribution in [0.2, 0.25) is 10.0 Å². The minimum Gasteiger partial charge on any atom is -0.368 e. The Morgan fingerprint density at radius 3 is 2.19 bits per heavy atom. The van der Waals surface area contributed by atoms with Crippen LogP contribution in [0.3, 0.4) is 0 Å². The van der Waals surface area contributed by atoms with Gasteiger partial charge in [-0.25, -0.2) is 0 Å². The molecule has 11 heteroatoms. The van der Waals surface area contributed by atoms with E-state index in [0.717, 1.165) is 17.8 Å². The summed E-state index contributed by atoms with van der Waals surface area (Å²) in [4.78, 5) is 4.03. The van der Waals surface area contributed by atoms with Crippen molar-refractivity contribution in [1.82, 2.24) is 14.8 Å². The first kappa shape index (κ1) is 18.7. The fourth-order valence-corrected chi connectivity index (χ4v) is 3.88. The molecule has 0 spiro atoms. The number of hydrogen-bond acceptors (Lipinski definition) is 5. The highest BCUT2D eigenvalue weighted by Gasteiger charge is 2.33. The predicted octanol–water partition coefficient (Wildman–Crippen LogP) is 4.91. The number of hydrogen-bond donors (Lipinski definition) is 2. The highest BCUT2D eigenvalue weighted by atomic mass is 35.5. The van der Waals surface area contributed by atoms with Crippen LogP contribution in [0.4, 0.5) is 25.1 Å². The molecule has 4 N–H and O–H groups in total. The average Bonchev–Trinajstić information content (AvgIpc) is 2.88. The van der Waals surface area contributed by atoms with Crippen LogP contribution in [0.25, 0.3) is 5.69 Å². The minimum absolute atomic E-state index is 0.0129. The third-order valence-corrected chi connectivity index (χ3v) is 5.32. The van der Waals surface area contributed by atoms with E-state index in [1.165, 1.54) is 35.0 Å². The number of nitrogens with two attached hydrogens (primary N) is 2. The van der Waals surface area contributed by atoms with Gasteiger partial charge in [0.25, 0.3) is 0 Å². The van der Waals surface area contributed by atoms with Gasteiger partial charge < -0.3 is 11.5 Å². The van der Waals surface area contributed by atoms with Gasteiger partial charge in [0.2, 0.25) is 11.9 Å². The molecule has 1 heterocycles. The van der Waals surface area contributed by atoms with Crippen LogP contribution in [-0.2, 0) is 6.18 Å². The van der Waals surface area contributed by atoms with Crippen LogP contribution < -0.4 is 11.5 Å². The maximum atomic E-state index is 13.2. The summed E-state index contributed by atoms with van der Waals surface area (Å²) in [6.45, 7) is 0. The van der Waals surface area contributed by atoms with E-state index in [1.807, 2.05) is 0 Å². The van der Waals surface area contributed by atoms with Crippen LogP contribution in [0.5, 0.6) is 0 Å². The fraction of sp³-hybridized carbons (Fsp3) is 0.0667. The van der Waals surface area contributed by atoms with Gasteiger partial charge in [-0.05, 0) is 24.3 Å². The molecular formula is C15H10Cl2F3N5S. The number of rotatable bonds is 3. The Kier molecular flexibility index (Phi) is 4.96. The Morgan fingerprint density at radius 1 is 1.04 bits per heavy atom. The SMILES string of the molecule is Nc1nc(N)n(-c2cc(Cl)c(Sc3ccccc3C(F)(F)F)c(Cl)c2)n1. The number of benzene rings is 2. The molecule has 5 nitrogen and oxygen atoms in total. The van der Waals surface area contributed by atoms with E-state index in [-0.39, 0.29) is 31.7 Å². The summed E-state index contributed by atoms with van der Waals surface area (Å²) in [6.07, 6.45) is -4.49. The van der Waals surface area contributed by atoms with E-state index in [9.17, 15) is 13.2 Å². The monoisotopic (exact) mass is 419 g/mol. The lowest BCUT2D eigenvalue weighted by Crippen LogP contribution is -2.06. The Labute approximate surface area is 160 Å². The van der Waals surface area contributed by atoms with E-state index in [4.69, 9.17) is 34.7 Å². The third kappa shape index (κ3) is 3.69. The van der Waals surface area contributed by atoms with Crippen LogP contribution >= 0.6 is 35.0 Å². The number of aromatic nitrogens is 3. The Morgan fingerprint density at radius 2 is 1.65 bits per heavy atom. The Balaban J connectivity index is 2.02. The van der Waals surface area contributed by atoms with E-state index >= 15 is 0 Å². The minimum atomic E-state index is -4.49. The number of halogens is 5. The van der Waals surface area contributed by atoms with Gasteiger partial charge in [0.15, 0.2) is 0 Å². The average molecular weight is 420 g/mol. The Hall–Kier alpha value is -2.10. The lowest BCUT2D eigenvalue weighted by molar-refractivity contribution is -0.139. The van der Waals surface area contributed by atoms with Gasteiger partial charge in [0, 0.05) is 9.79 Å². The van der Waals surface area contributed by atoms with Crippen molar-refractivity contribution in [3.63, 3.8) is 0 Å². The smallest absolute Gasteiger partial charge is 0.368 e. The quantitative estimate of drug-likeness (QED) is 0.629. The standard InChI is InChI=1S/C15H10Cl2F3N5S/c16-9-5-7(25-14(22)23-13(21)24-25)6-10(17)12(9)26-11-4-2-1-3-8(11)15(18,19)20/h1-6H,(H4,21,22,23,24). The van der Waals surface area contributed by atoms with Crippen molar-refractivity contribution in [3.8, 4) is 5.69 Å². The normalized spacial score (nSPS) is 11.7. The number of alkyl halides is 3. The first-order valence-electron chi connectivity index (χ1n) is 6.98. The molecule has 2 aromatic carbocycles. The van der Waals surface area contributed by atoms with Crippen molar-refractivity contribution >= 4 is 46.9 Å². The number of nitrogens with zero attached hydrogens (tertiary/aromatic N) is 3. The van der Waals surface area contributed by atoms with Gasteiger partial charge in [-0.15, -0.1) is 5.10 Å². The summed E-state index contributed by atoms with van der Waals surface area (Å²) in [5, 5.41) is 4.19. The molecule has 0 bridgehead atoms. The van der Waals surface area contributed by atoms with Gasteiger partial charge in [0.1, 0.15) is 0 Å². The molecule has 26 heavy (non-hydrogen) atoms. The first-order chi connectivity index (χ1) is 12.2. The van der Waals surface area contributed by atoms with Crippen LogP contribution in [-0.4, -0.2) is 14.8 Å². The van der Waals surface area contributed by atoms with E-state index in [1.54, 1.807) is 0 Å². The molecule has 0 saturated heterocycles. The first-order valence-corrected chi connectivity index (χ1v) is 8.55. The Bertz CT molecular complexity index is 951. The molecule has 1 aromatic heterocycles. The number of nitrogen functional groups attached to an aromatic ring is 2. The molecular weight excluding hydrogens is 410 g/mol. The second-order valence-electron chi connectivity index (χ2n) is 5.07. The summed E-state index contributed by atoms with van der Waals surface area (Å²) in [6, 6.07) is 8.11. The summed E-state index contributed by atoms with van der Waals surface area (Å²) < 4.78 is 40.7. The van der Waals surface area contributed by atoms with Gasteiger partial charge in [-0.1, -0.05) is 47.1 Å². The van der Waals surface area contributed by atoms with E-state index in [2.05, 4.69) is 10.1 Å². The summed E-state index contributed by atoms with van der Waals surface area (Å²) in [7, 11) is 0. The van der Waals surface area contributed by atoms with Gasteiger partial charge in [-0.3, -0.25) is 0 Å². The number of anilines is 2. The third-order valence-electron chi connectivity index (χ3n) is 3.28. The maximum Gasteiger partial charge on any atom is 0.417 e. The molecule has 0 radical (unpaired) electrons. The predicted molar refractivity (Wildman–Crippen MR) is 95.8 cm³/mol. The largest absolute Gasteiger partial charge is 0.417 e. The zero-order valence-corrected chi connectivity index (χ0v) is 15.1.